The van der Waals surface area contributed by atoms with Crippen molar-refractivity contribution >= 4 is 86.0 Å². The fraction of sp³-hybridized carbons (Fsp3) is 0. The standard InChI is InChI=1S/C46H26O2S/c1-2-12-27(13-3-1)39-26-37-36(25-40-45(46(37)48-39)35-19-8-10-20-38(35)47-40)44-33-17-6-4-15-31(33)43(32-16-5-7-18-34(32)44)28-22-23-30-29-14-9-11-21-41(29)49-42(30)24-28/h1-26H. The van der Waals surface area contributed by atoms with Gasteiger partial charge in [-0.05, 0) is 74.1 Å². The van der Waals surface area contributed by atoms with Crippen molar-refractivity contribution in [3.63, 3.8) is 0 Å². The number of thiophene rings is 1. The van der Waals surface area contributed by atoms with Crippen molar-refractivity contribution in [2.24, 2.45) is 0 Å². The Bertz CT molecular complexity index is 3050. The van der Waals surface area contributed by atoms with Gasteiger partial charge in [0, 0.05) is 36.5 Å². The number of fused-ring (bicyclic) bond motifs is 10. The maximum absolute atomic E-state index is 6.82. The third-order valence-electron chi connectivity index (χ3n) is 10.1. The van der Waals surface area contributed by atoms with Crippen molar-refractivity contribution < 1.29 is 8.83 Å². The molecule has 0 N–H and O–H groups in total. The van der Waals surface area contributed by atoms with E-state index in [4.69, 9.17) is 8.83 Å². The van der Waals surface area contributed by atoms with Crippen LogP contribution in [0.2, 0.25) is 0 Å². The minimum absolute atomic E-state index is 0.824. The highest BCUT2D eigenvalue weighted by molar-refractivity contribution is 7.25. The van der Waals surface area contributed by atoms with E-state index in [0.717, 1.165) is 49.8 Å². The van der Waals surface area contributed by atoms with E-state index in [1.165, 1.54) is 58.4 Å². The van der Waals surface area contributed by atoms with E-state index in [0.29, 0.717) is 0 Å². The molecule has 3 aromatic heterocycles. The molecule has 49 heavy (non-hydrogen) atoms. The topological polar surface area (TPSA) is 26.3 Å². The van der Waals surface area contributed by atoms with Gasteiger partial charge in [0.25, 0.3) is 0 Å². The summed E-state index contributed by atoms with van der Waals surface area (Å²) in [5.74, 6) is 0.844. The molecule has 8 aromatic carbocycles. The lowest BCUT2D eigenvalue weighted by molar-refractivity contribution is 0.633. The average Bonchev–Trinajstić information content (AvgIpc) is 3.87. The second-order valence-corrected chi connectivity index (χ2v) is 13.8. The molecule has 3 heteroatoms. The number of hydrogen-bond acceptors (Lipinski definition) is 3. The maximum Gasteiger partial charge on any atom is 0.147 e. The summed E-state index contributed by atoms with van der Waals surface area (Å²) in [6, 6.07) is 56.5. The average molecular weight is 643 g/mol. The van der Waals surface area contributed by atoms with Gasteiger partial charge < -0.3 is 8.83 Å². The summed E-state index contributed by atoms with van der Waals surface area (Å²) in [5.41, 5.74) is 8.35. The minimum atomic E-state index is 0.824. The van der Waals surface area contributed by atoms with Gasteiger partial charge in [-0.1, -0.05) is 127 Å². The molecule has 0 bridgehead atoms. The number of para-hydroxylation sites is 1. The molecule has 0 amide bonds. The third-order valence-corrected chi connectivity index (χ3v) is 11.2. The Morgan fingerprint density at radius 1 is 0.367 bits per heavy atom. The van der Waals surface area contributed by atoms with Gasteiger partial charge in [-0.3, -0.25) is 0 Å². The monoisotopic (exact) mass is 642 g/mol. The van der Waals surface area contributed by atoms with Gasteiger partial charge in [-0.25, -0.2) is 0 Å². The first-order valence-corrected chi connectivity index (χ1v) is 17.4. The van der Waals surface area contributed by atoms with Crippen LogP contribution in [0.15, 0.2) is 167 Å². The van der Waals surface area contributed by atoms with Crippen molar-refractivity contribution in [1.29, 1.82) is 0 Å². The molecule has 0 aliphatic carbocycles. The van der Waals surface area contributed by atoms with Gasteiger partial charge in [0.2, 0.25) is 0 Å². The first kappa shape index (κ1) is 26.9. The first-order chi connectivity index (χ1) is 24.3. The Labute approximate surface area is 285 Å². The Morgan fingerprint density at radius 2 is 0.980 bits per heavy atom. The summed E-state index contributed by atoms with van der Waals surface area (Å²) in [6.45, 7) is 0. The molecule has 0 aliphatic rings. The van der Waals surface area contributed by atoms with Crippen molar-refractivity contribution in [2.45, 2.75) is 0 Å². The Morgan fingerprint density at radius 3 is 1.73 bits per heavy atom. The van der Waals surface area contributed by atoms with Crippen molar-refractivity contribution in [3.05, 3.63) is 158 Å². The molecule has 2 nitrogen and oxygen atoms in total. The van der Waals surface area contributed by atoms with Crippen LogP contribution in [-0.4, -0.2) is 0 Å². The van der Waals surface area contributed by atoms with Gasteiger partial charge >= 0.3 is 0 Å². The molecule has 0 radical (unpaired) electrons. The van der Waals surface area contributed by atoms with Crippen LogP contribution in [0, 0.1) is 0 Å². The Balaban J connectivity index is 1.26. The van der Waals surface area contributed by atoms with E-state index < -0.39 is 0 Å². The number of rotatable bonds is 3. The van der Waals surface area contributed by atoms with Crippen LogP contribution in [0.4, 0.5) is 0 Å². The lowest BCUT2D eigenvalue weighted by atomic mass is 9.85. The lowest BCUT2D eigenvalue weighted by Gasteiger charge is -2.18. The van der Waals surface area contributed by atoms with Crippen LogP contribution in [-0.2, 0) is 0 Å². The van der Waals surface area contributed by atoms with E-state index in [1.807, 2.05) is 29.5 Å². The number of hydrogen-bond donors (Lipinski definition) is 0. The molecule has 0 spiro atoms. The van der Waals surface area contributed by atoms with Gasteiger partial charge in [0.15, 0.2) is 0 Å². The Kier molecular flexibility index (Phi) is 5.57. The van der Waals surface area contributed by atoms with Gasteiger partial charge in [-0.15, -0.1) is 11.3 Å². The molecule has 0 saturated heterocycles. The molecule has 0 saturated carbocycles. The number of furan rings is 2. The lowest BCUT2D eigenvalue weighted by Crippen LogP contribution is -1.91. The second-order valence-electron chi connectivity index (χ2n) is 12.8. The summed E-state index contributed by atoms with van der Waals surface area (Å²) >= 11 is 1.87. The van der Waals surface area contributed by atoms with E-state index in [2.05, 4.69) is 140 Å². The van der Waals surface area contributed by atoms with Crippen molar-refractivity contribution in [2.75, 3.05) is 0 Å². The third kappa shape index (κ3) is 3.88. The number of benzene rings is 8. The molecular formula is C46H26O2S. The minimum Gasteiger partial charge on any atom is -0.456 e. The Hall–Kier alpha value is -6.16. The largest absolute Gasteiger partial charge is 0.456 e. The summed E-state index contributed by atoms with van der Waals surface area (Å²) in [7, 11) is 0. The summed E-state index contributed by atoms with van der Waals surface area (Å²) in [6.07, 6.45) is 0. The van der Waals surface area contributed by atoms with Crippen molar-refractivity contribution in [1.82, 2.24) is 0 Å². The molecule has 0 fully saturated rings. The van der Waals surface area contributed by atoms with Crippen LogP contribution in [0.1, 0.15) is 0 Å². The molecule has 11 rings (SSSR count). The molecule has 11 aromatic rings. The highest BCUT2D eigenvalue weighted by Crippen LogP contribution is 2.49. The van der Waals surface area contributed by atoms with Crippen LogP contribution in [0.25, 0.3) is 108 Å². The smallest absolute Gasteiger partial charge is 0.147 e. The SMILES string of the molecule is c1ccc(-c2cc3c(-c4c5ccccc5c(-c5ccc6c(c5)sc5ccccc56)c5ccccc45)cc4oc5ccccc5c4c3o2)cc1. The fourth-order valence-electron chi connectivity index (χ4n) is 7.95. The molecule has 0 aliphatic heterocycles. The van der Waals surface area contributed by atoms with Crippen LogP contribution < -0.4 is 0 Å². The van der Waals surface area contributed by atoms with Crippen LogP contribution in [0.5, 0.6) is 0 Å². The molecule has 0 unspecified atom stereocenters. The summed E-state index contributed by atoms with van der Waals surface area (Å²) < 4.78 is 16.0. The van der Waals surface area contributed by atoms with E-state index >= 15 is 0 Å². The van der Waals surface area contributed by atoms with E-state index in [1.54, 1.807) is 0 Å². The predicted octanol–water partition coefficient (Wildman–Crippen LogP) is 14.0. The molecule has 3 heterocycles. The highest BCUT2D eigenvalue weighted by Gasteiger charge is 2.23. The predicted molar refractivity (Wildman–Crippen MR) is 208 cm³/mol. The highest BCUT2D eigenvalue weighted by atomic mass is 32.1. The van der Waals surface area contributed by atoms with E-state index in [-0.39, 0.29) is 0 Å². The summed E-state index contributed by atoms with van der Waals surface area (Å²) in [5, 5.41) is 10.6. The maximum atomic E-state index is 6.82. The molecular weight excluding hydrogens is 617 g/mol. The van der Waals surface area contributed by atoms with Crippen LogP contribution >= 0.6 is 11.3 Å². The normalized spacial score (nSPS) is 12.1. The first-order valence-electron chi connectivity index (χ1n) is 16.6. The zero-order valence-electron chi connectivity index (χ0n) is 26.2. The second kappa shape index (κ2) is 10.2. The van der Waals surface area contributed by atoms with E-state index in [9.17, 15) is 0 Å². The van der Waals surface area contributed by atoms with Gasteiger partial charge in [0.1, 0.15) is 22.5 Å². The molecule has 228 valence electrons. The molecule has 0 atom stereocenters. The van der Waals surface area contributed by atoms with Gasteiger partial charge in [0.05, 0.1) is 5.39 Å². The zero-order valence-corrected chi connectivity index (χ0v) is 27.1. The van der Waals surface area contributed by atoms with Crippen molar-refractivity contribution in [3.8, 4) is 33.6 Å². The fourth-order valence-corrected chi connectivity index (χ4v) is 9.09. The quantitative estimate of drug-likeness (QED) is 0.179. The van der Waals surface area contributed by atoms with Crippen LogP contribution in [0.3, 0.4) is 0 Å². The zero-order chi connectivity index (χ0) is 32.1. The summed E-state index contributed by atoms with van der Waals surface area (Å²) in [4.78, 5) is 0. The van der Waals surface area contributed by atoms with Gasteiger partial charge in [-0.2, -0.15) is 0 Å².